The number of amides is 1. The Balaban J connectivity index is 2.86. The molecule has 3 heteroatoms. The topological polar surface area (TPSA) is 20.3 Å². The molecule has 0 bridgehead atoms. The van der Waals surface area contributed by atoms with Crippen molar-refractivity contribution in [2.45, 2.75) is 0 Å². The maximum absolute atomic E-state index is 12.5. The molecule has 0 saturated heterocycles. The number of hydrogen-bond donors (Lipinski definition) is 0. The molecular weight excluding hydrogens is 169 g/mol. The predicted molar refractivity (Wildman–Crippen MR) is 48.6 cm³/mol. The first-order chi connectivity index (χ1) is 6.27. The number of rotatable bonds is 3. The summed E-state index contributed by atoms with van der Waals surface area (Å²) in [5.41, 5.74) is 0.592. The molecule has 0 N–H and O–H groups in total. The molecule has 0 aliphatic heterocycles. The summed E-state index contributed by atoms with van der Waals surface area (Å²) in [7, 11) is 0. The predicted octanol–water partition coefficient (Wildman–Crippen LogP) is 1.42. The van der Waals surface area contributed by atoms with Crippen LogP contribution >= 0.6 is 0 Å². The highest BCUT2D eigenvalue weighted by Crippen LogP contribution is 2.12. The van der Waals surface area contributed by atoms with Gasteiger partial charge >= 0.3 is 0 Å². The second-order valence-electron chi connectivity index (χ2n) is 2.41. The van der Waals surface area contributed by atoms with Gasteiger partial charge in [0.1, 0.15) is 5.82 Å². The summed E-state index contributed by atoms with van der Waals surface area (Å²) in [6, 6.07) is 5.56. The van der Waals surface area contributed by atoms with Gasteiger partial charge in [-0.1, -0.05) is 5.92 Å². The molecule has 1 rings (SSSR count). The third-order valence-electron chi connectivity index (χ3n) is 1.55. The summed E-state index contributed by atoms with van der Waals surface area (Å²) in [5.74, 6) is 2.00. The Morgan fingerprint density at radius 2 is 2.08 bits per heavy atom. The van der Waals surface area contributed by atoms with Crippen molar-refractivity contribution in [3.8, 4) is 12.3 Å². The molecule has 0 fully saturated rings. The Bertz CT molecular complexity index is 326. The molecule has 0 spiro atoms. The lowest BCUT2D eigenvalue weighted by molar-refractivity contribution is -0.107. The van der Waals surface area contributed by atoms with E-state index in [4.69, 9.17) is 6.42 Å². The Morgan fingerprint density at radius 1 is 1.46 bits per heavy atom. The van der Waals surface area contributed by atoms with E-state index < -0.39 is 0 Å². The van der Waals surface area contributed by atoms with Gasteiger partial charge in [0.05, 0.1) is 6.54 Å². The average molecular weight is 177 g/mol. The summed E-state index contributed by atoms with van der Waals surface area (Å²) < 4.78 is 12.5. The zero-order chi connectivity index (χ0) is 9.68. The van der Waals surface area contributed by atoms with Crippen molar-refractivity contribution in [1.29, 1.82) is 0 Å². The van der Waals surface area contributed by atoms with Gasteiger partial charge in [-0.05, 0) is 24.3 Å². The van der Waals surface area contributed by atoms with Gasteiger partial charge in [0.25, 0.3) is 0 Å². The quantitative estimate of drug-likeness (QED) is 0.505. The lowest BCUT2D eigenvalue weighted by Gasteiger charge is -2.13. The molecule has 13 heavy (non-hydrogen) atoms. The van der Waals surface area contributed by atoms with Crippen molar-refractivity contribution >= 4 is 12.1 Å². The second-order valence-corrected chi connectivity index (χ2v) is 2.41. The number of halogens is 1. The zero-order valence-electron chi connectivity index (χ0n) is 6.90. The normalized spacial score (nSPS) is 8.92. The minimum Gasteiger partial charge on any atom is -0.303 e. The van der Waals surface area contributed by atoms with E-state index >= 15 is 0 Å². The summed E-state index contributed by atoms with van der Waals surface area (Å²) in [5, 5.41) is 0. The summed E-state index contributed by atoms with van der Waals surface area (Å²) in [6.45, 7) is 0.190. The molecule has 0 aliphatic rings. The molecule has 0 heterocycles. The van der Waals surface area contributed by atoms with Gasteiger partial charge < -0.3 is 4.90 Å². The Morgan fingerprint density at radius 3 is 2.54 bits per heavy atom. The van der Waals surface area contributed by atoms with Crippen molar-refractivity contribution < 1.29 is 9.18 Å². The zero-order valence-corrected chi connectivity index (χ0v) is 6.90. The van der Waals surface area contributed by atoms with Crippen molar-refractivity contribution in [3.63, 3.8) is 0 Å². The monoisotopic (exact) mass is 177 g/mol. The van der Waals surface area contributed by atoms with Gasteiger partial charge in [-0.15, -0.1) is 6.42 Å². The lowest BCUT2D eigenvalue weighted by Crippen LogP contribution is -2.20. The largest absolute Gasteiger partial charge is 0.303 e. The van der Waals surface area contributed by atoms with Gasteiger partial charge in [0.15, 0.2) is 0 Å². The van der Waals surface area contributed by atoms with Crippen LogP contribution < -0.4 is 4.90 Å². The third kappa shape index (κ3) is 2.31. The van der Waals surface area contributed by atoms with Crippen molar-refractivity contribution in [1.82, 2.24) is 0 Å². The van der Waals surface area contributed by atoms with Crippen molar-refractivity contribution in [2.75, 3.05) is 11.4 Å². The first-order valence-electron chi connectivity index (χ1n) is 3.69. The summed E-state index contributed by atoms with van der Waals surface area (Å²) in [6.07, 6.45) is 5.67. The fourth-order valence-corrected chi connectivity index (χ4v) is 0.920. The maximum Gasteiger partial charge on any atom is 0.214 e. The van der Waals surface area contributed by atoms with Crippen LogP contribution in [0.5, 0.6) is 0 Å². The minimum atomic E-state index is -0.338. The lowest BCUT2D eigenvalue weighted by atomic mass is 10.3. The van der Waals surface area contributed by atoms with E-state index in [-0.39, 0.29) is 12.4 Å². The van der Waals surface area contributed by atoms with E-state index in [2.05, 4.69) is 5.92 Å². The molecule has 0 aliphatic carbocycles. The van der Waals surface area contributed by atoms with Gasteiger partial charge in [-0.3, -0.25) is 4.79 Å². The molecule has 0 atom stereocenters. The highest BCUT2D eigenvalue weighted by atomic mass is 19.1. The smallest absolute Gasteiger partial charge is 0.214 e. The molecule has 0 saturated carbocycles. The molecule has 1 aromatic carbocycles. The van der Waals surface area contributed by atoms with Crippen LogP contribution in [0.2, 0.25) is 0 Å². The number of hydrogen-bond acceptors (Lipinski definition) is 1. The van der Waals surface area contributed by atoms with Crippen LogP contribution in [0.1, 0.15) is 0 Å². The number of carbonyl (C=O) groups is 1. The van der Waals surface area contributed by atoms with E-state index in [0.29, 0.717) is 12.1 Å². The number of carbonyl (C=O) groups excluding carboxylic acids is 1. The van der Waals surface area contributed by atoms with Gasteiger partial charge in [0.2, 0.25) is 6.41 Å². The Labute approximate surface area is 76.0 Å². The van der Waals surface area contributed by atoms with E-state index in [1.54, 1.807) is 0 Å². The van der Waals surface area contributed by atoms with E-state index in [1.165, 1.54) is 29.2 Å². The van der Waals surface area contributed by atoms with Crippen LogP contribution in [-0.2, 0) is 4.79 Å². The third-order valence-corrected chi connectivity index (χ3v) is 1.55. The van der Waals surface area contributed by atoms with E-state index in [0.717, 1.165) is 0 Å². The average Bonchev–Trinajstić information content (AvgIpc) is 2.16. The minimum absolute atomic E-state index is 0.190. The van der Waals surface area contributed by atoms with Gasteiger partial charge in [-0.2, -0.15) is 0 Å². The van der Waals surface area contributed by atoms with Gasteiger partial charge in [0, 0.05) is 5.69 Å². The molecular formula is C10H8FNO. The highest BCUT2D eigenvalue weighted by Gasteiger charge is 2.02. The van der Waals surface area contributed by atoms with E-state index in [1.807, 2.05) is 0 Å². The number of terminal acetylenes is 1. The standard InChI is InChI=1S/C10H8FNO/c1-2-7-12(8-13)10-5-3-9(11)4-6-10/h1,3-6,8H,7H2. The first kappa shape index (κ1) is 9.27. The van der Waals surface area contributed by atoms with Crippen LogP contribution in [0.4, 0.5) is 10.1 Å². The van der Waals surface area contributed by atoms with Crippen LogP contribution in [0.15, 0.2) is 24.3 Å². The molecule has 66 valence electrons. The number of nitrogens with zero attached hydrogens (tertiary/aromatic N) is 1. The van der Waals surface area contributed by atoms with Crippen LogP contribution in [0.25, 0.3) is 0 Å². The second kappa shape index (κ2) is 4.27. The fraction of sp³-hybridized carbons (Fsp3) is 0.100. The van der Waals surface area contributed by atoms with E-state index in [9.17, 15) is 9.18 Å². The molecule has 2 nitrogen and oxygen atoms in total. The summed E-state index contributed by atoms with van der Waals surface area (Å²) >= 11 is 0. The first-order valence-corrected chi connectivity index (χ1v) is 3.69. The maximum atomic E-state index is 12.5. The number of anilines is 1. The molecule has 0 radical (unpaired) electrons. The molecule has 1 aromatic rings. The van der Waals surface area contributed by atoms with Crippen LogP contribution in [0.3, 0.4) is 0 Å². The number of benzene rings is 1. The van der Waals surface area contributed by atoms with Crippen LogP contribution in [0, 0.1) is 18.2 Å². The Kier molecular flexibility index (Phi) is 3.04. The van der Waals surface area contributed by atoms with Crippen LogP contribution in [-0.4, -0.2) is 13.0 Å². The highest BCUT2D eigenvalue weighted by molar-refractivity contribution is 5.75. The summed E-state index contributed by atoms with van der Waals surface area (Å²) in [4.78, 5) is 11.8. The van der Waals surface area contributed by atoms with Gasteiger partial charge in [-0.25, -0.2) is 4.39 Å². The van der Waals surface area contributed by atoms with Crippen molar-refractivity contribution in [3.05, 3.63) is 30.1 Å². The SMILES string of the molecule is C#CCN(C=O)c1ccc(F)cc1. The fourth-order valence-electron chi connectivity index (χ4n) is 0.920. The molecule has 0 unspecified atom stereocenters. The molecule has 0 aromatic heterocycles. The molecule has 1 amide bonds. The Hall–Kier alpha value is -1.82. The van der Waals surface area contributed by atoms with Crippen molar-refractivity contribution in [2.24, 2.45) is 0 Å².